The van der Waals surface area contributed by atoms with Gasteiger partial charge in [-0.15, -0.1) is 0 Å². The van der Waals surface area contributed by atoms with Crippen molar-refractivity contribution in [3.8, 4) is 11.1 Å². The highest BCUT2D eigenvalue weighted by molar-refractivity contribution is 7.92. The molecule has 0 aliphatic carbocycles. The first-order valence-corrected chi connectivity index (χ1v) is 12.6. The first-order valence-electron chi connectivity index (χ1n) is 11.1. The van der Waals surface area contributed by atoms with Crippen LogP contribution in [-0.2, 0) is 20.9 Å². The lowest BCUT2D eigenvalue weighted by molar-refractivity contribution is -0.137. The lowest BCUT2D eigenvalue weighted by Crippen LogP contribution is -2.36. The van der Waals surface area contributed by atoms with Gasteiger partial charge in [0.1, 0.15) is 5.82 Å². The van der Waals surface area contributed by atoms with Crippen molar-refractivity contribution >= 4 is 32.6 Å². The van der Waals surface area contributed by atoms with Crippen LogP contribution in [0.1, 0.15) is 5.56 Å². The van der Waals surface area contributed by atoms with E-state index in [4.69, 9.17) is 9.72 Å². The molecule has 186 valence electrons. The van der Waals surface area contributed by atoms with Crippen LogP contribution in [0.4, 0.5) is 24.7 Å². The summed E-state index contributed by atoms with van der Waals surface area (Å²) in [5.74, 6) is 0.755. The summed E-state index contributed by atoms with van der Waals surface area (Å²) in [4.78, 5) is 10.9. The van der Waals surface area contributed by atoms with E-state index in [1.165, 1.54) is 6.07 Å². The summed E-state index contributed by atoms with van der Waals surface area (Å²) in [5, 5.41) is 0. The number of sulfonamides is 1. The predicted octanol–water partition coefficient (Wildman–Crippen LogP) is 4.95. The molecule has 1 aliphatic rings. The van der Waals surface area contributed by atoms with E-state index in [-0.39, 0.29) is 5.69 Å². The second kappa shape index (κ2) is 9.40. The second-order valence-corrected chi connectivity index (χ2v) is 9.93. The zero-order chi connectivity index (χ0) is 25.3. The highest BCUT2D eigenvalue weighted by Gasteiger charge is 2.31. The Balaban J connectivity index is 1.42. The number of rotatable bonds is 5. The summed E-state index contributed by atoms with van der Waals surface area (Å²) in [6.07, 6.45) is -2.91. The Morgan fingerprint density at radius 2 is 1.64 bits per heavy atom. The quantitative estimate of drug-likeness (QED) is 0.406. The third-order valence-electron chi connectivity index (χ3n) is 5.78. The fourth-order valence-electron chi connectivity index (χ4n) is 3.94. The monoisotopic (exact) mass is 514 g/mol. The number of benzene rings is 3. The molecule has 0 bridgehead atoms. The molecule has 0 amide bonds. The number of aromatic nitrogens is 2. The molecule has 0 spiro atoms. The number of ether oxygens (including phenoxy) is 1. The molecule has 1 fully saturated rings. The SMILES string of the molecule is O=S(=O)(Nc1cccc(-c2ccc3ncc(N4CCOCC4)nc3c2)c1)c1cccc(C(F)(F)F)c1. The van der Waals surface area contributed by atoms with Crippen LogP contribution in [0, 0.1) is 0 Å². The molecular weight excluding hydrogens is 493 g/mol. The van der Waals surface area contributed by atoms with E-state index in [9.17, 15) is 21.6 Å². The van der Waals surface area contributed by atoms with Crippen molar-refractivity contribution in [3.63, 3.8) is 0 Å². The van der Waals surface area contributed by atoms with Crippen molar-refractivity contribution in [2.75, 3.05) is 35.9 Å². The number of morpholine rings is 1. The molecule has 1 N–H and O–H groups in total. The van der Waals surface area contributed by atoms with Crippen LogP contribution in [-0.4, -0.2) is 44.7 Å². The van der Waals surface area contributed by atoms with E-state index in [0.717, 1.165) is 48.2 Å². The van der Waals surface area contributed by atoms with E-state index in [2.05, 4.69) is 14.6 Å². The van der Waals surface area contributed by atoms with E-state index in [1.54, 1.807) is 18.3 Å². The summed E-state index contributed by atoms with van der Waals surface area (Å²) >= 11 is 0. The fourth-order valence-corrected chi connectivity index (χ4v) is 5.04. The summed E-state index contributed by atoms with van der Waals surface area (Å²) < 4.78 is 72.4. The summed E-state index contributed by atoms with van der Waals surface area (Å²) in [6, 6.07) is 15.8. The number of hydrogen-bond acceptors (Lipinski definition) is 6. The fraction of sp³-hybridized carbons (Fsp3) is 0.200. The van der Waals surface area contributed by atoms with Crippen molar-refractivity contribution < 1.29 is 26.3 Å². The van der Waals surface area contributed by atoms with Gasteiger partial charge in [-0.3, -0.25) is 9.71 Å². The molecule has 1 saturated heterocycles. The smallest absolute Gasteiger partial charge is 0.378 e. The maximum atomic E-state index is 13.0. The van der Waals surface area contributed by atoms with Crippen LogP contribution in [0.25, 0.3) is 22.2 Å². The van der Waals surface area contributed by atoms with Crippen molar-refractivity contribution in [2.24, 2.45) is 0 Å². The standard InChI is InChI=1S/C25H21F3N4O3S/c26-25(27,28)19-4-2-6-21(15-19)36(33,34)31-20-5-1-3-17(13-20)18-7-8-22-23(14-18)30-24(16-29-22)32-9-11-35-12-10-32/h1-8,13-16,31H,9-12H2. The summed E-state index contributed by atoms with van der Waals surface area (Å²) in [6.45, 7) is 2.72. The Bertz CT molecular complexity index is 1520. The van der Waals surface area contributed by atoms with Gasteiger partial charge in [-0.1, -0.05) is 24.3 Å². The molecule has 0 unspecified atom stereocenters. The normalized spacial score (nSPS) is 14.7. The van der Waals surface area contributed by atoms with Gasteiger partial charge in [0.2, 0.25) is 0 Å². The summed E-state index contributed by atoms with van der Waals surface area (Å²) in [7, 11) is -4.24. The Hall–Kier alpha value is -3.70. The molecule has 36 heavy (non-hydrogen) atoms. The Kier molecular flexibility index (Phi) is 6.27. The van der Waals surface area contributed by atoms with Gasteiger partial charge in [-0.05, 0) is 53.6 Å². The summed E-state index contributed by atoms with van der Waals surface area (Å²) in [5.41, 5.74) is 2.09. The molecule has 4 aromatic rings. The number of alkyl halides is 3. The minimum absolute atomic E-state index is 0.221. The van der Waals surface area contributed by atoms with Crippen LogP contribution in [0.15, 0.2) is 77.8 Å². The number of nitrogens with zero attached hydrogens (tertiary/aromatic N) is 3. The largest absolute Gasteiger partial charge is 0.416 e. The highest BCUT2D eigenvalue weighted by atomic mass is 32.2. The number of nitrogens with one attached hydrogen (secondary N) is 1. The van der Waals surface area contributed by atoms with Crippen molar-refractivity contribution in [1.29, 1.82) is 0 Å². The second-order valence-electron chi connectivity index (χ2n) is 8.24. The van der Waals surface area contributed by atoms with Gasteiger partial charge < -0.3 is 9.64 Å². The predicted molar refractivity (Wildman–Crippen MR) is 130 cm³/mol. The number of hydrogen-bond donors (Lipinski definition) is 1. The van der Waals surface area contributed by atoms with E-state index in [1.807, 2.05) is 24.3 Å². The van der Waals surface area contributed by atoms with Crippen LogP contribution < -0.4 is 9.62 Å². The van der Waals surface area contributed by atoms with Crippen LogP contribution in [0.3, 0.4) is 0 Å². The highest BCUT2D eigenvalue weighted by Crippen LogP contribution is 2.31. The van der Waals surface area contributed by atoms with E-state index >= 15 is 0 Å². The first-order chi connectivity index (χ1) is 17.2. The molecule has 11 heteroatoms. The van der Waals surface area contributed by atoms with Crippen molar-refractivity contribution in [3.05, 3.63) is 78.5 Å². The molecule has 5 rings (SSSR count). The van der Waals surface area contributed by atoms with Crippen LogP contribution in [0.5, 0.6) is 0 Å². The molecule has 1 aromatic heterocycles. The lowest BCUT2D eigenvalue weighted by Gasteiger charge is -2.27. The molecule has 0 saturated carbocycles. The minimum Gasteiger partial charge on any atom is -0.378 e. The third kappa shape index (κ3) is 5.12. The van der Waals surface area contributed by atoms with Gasteiger partial charge in [-0.25, -0.2) is 13.4 Å². The number of anilines is 2. The Morgan fingerprint density at radius 1 is 0.889 bits per heavy atom. The first kappa shape index (κ1) is 24.0. The Morgan fingerprint density at radius 3 is 2.42 bits per heavy atom. The molecule has 3 aromatic carbocycles. The third-order valence-corrected chi connectivity index (χ3v) is 7.16. The molecule has 1 aliphatic heterocycles. The number of halogens is 3. The molecule has 7 nitrogen and oxygen atoms in total. The van der Waals surface area contributed by atoms with Crippen molar-refractivity contribution in [2.45, 2.75) is 11.1 Å². The maximum Gasteiger partial charge on any atom is 0.416 e. The lowest BCUT2D eigenvalue weighted by atomic mass is 10.0. The van der Waals surface area contributed by atoms with E-state index in [0.29, 0.717) is 30.4 Å². The molecule has 0 atom stereocenters. The molecule has 2 heterocycles. The minimum atomic E-state index is -4.65. The van der Waals surface area contributed by atoms with Crippen LogP contribution in [0.2, 0.25) is 0 Å². The zero-order valence-corrected chi connectivity index (χ0v) is 19.7. The average Bonchev–Trinajstić information content (AvgIpc) is 2.88. The molecule has 0 radical (unpaired) electrons. The Labute approximate surface area is 205 Å². The van der Waals surface area contributed by atoms with Gasteiger partial charge in [0, 0.05) is 18.8 Å². The van der Waals surface area contributed by atoms with E-state index < -0.39 is 26.7 Å². The average molecular weight is 515 g/mol. The van der Waals surface area contributed by atoms with Crippen molar-refractivity contribution in [1.82, 2.24) is 9.97 Å². The van der Waals surface area contributed by atoms with Gasteiger partial charge in [-0.2, -0.15) is 13.2 Å². The van der Waals surface area contributed by atoms with Gasteiger partial charge in [0.15, 0.2) is 0 Å². The zero-order valence-electron chi connectivity index (χ0n) is 18.9. The van der Waals surface area contributed by atoms with Gasteiger partial charge in [0.05, 0.1) is 40.9 Å². The topological polar surface area (TPSA) is 84.4 Å². The maximum absolute atomic E-state index is 13.0. The molecular formula is C25H21F3N4O3S. The van der Waals surface area contributed by atoms with Gasteiger partial charge >= 0.3 is 6.18 Å². The van der Waals surface area contributed by atoms with Gasteiger partial charge in [0.25, 0.3) is 10.0 Å². The van der Waals surface area contributed by atoms with Crippen LogP contribution >= 0.6 is 0 Å². The number of fused-ring (bicyclic) bond motifs is 1.